The van der Waals surface area contributed by atoms with E-state index in [2.05, 4.69) is 48.5 Å². The summed E-state index contributed by atoms with van der Waals surface area (Å²) in [5, 5.41) is 0. The molecule has 0 atom stereocenters. The fraction of sp³-hybridized carbons (Fsp3) is 0.0909. The fourth-order valence-electron chi connectivity index (χ4n) is 3.42. The predicted molar refractivity (Wildman–Crippen MR) is 100 cm³/mol. The number of hydrogen-bond acceptors (Lipinski definition) is 2. The second-order valence-electron chi connectivity index (χ2n) is 5.98. The quantitative estimate of drug-likeness (QED) is 0.544. The molecule has 24 heavy (non-hydrogen) atoms. The first-order valence-corrected chi connectivity index (χ1v) is 8.09. The number of rotatable bonds is 3. The highest BCUT2D eigenvalue weighted by Gasteiger charge is 2.22. The van der Waals surface area contributed by atoms with Crippen molar-refractivity contribution >= 4 is 11.3 Å². The highest BCUT2D eigenvalue weighted by molar-refractivity contribution is 6.01. The van der Waals surface area contributed by atoms with Gasteiger partial charge in [0.2, 0.25) is 0 Å². The normalized spacial score (nSPS) is 13.6. The summed E-state index contributed by atoms with van der Waals surface area (Å²) in [5.41, 5.74) is 14.3. The molecule has 0 saturated heterocycles. The van der Waals surface area contributed by atoms with Crippen molar-refractivity contribution in [2.45, 2.75) is 6.42 Å². The fourth-order valence-corrected chi connectivity index (χ4v) is 3.42. The van der Waals surface area contributed by atoms with Crippen molar-refractivity contribution in [2.75, 3.05) is 12.8 Å². The Morgan fingerprint density at radius 1 is 0.833 bits per heavy atom. The topological polar surface area (TPSA) is 35.2 Å². The number of anilines is 1. The molecule has 0 unspecified atom stereocenters. The van der Waals surface area contributed by atoms with E-state index in [4.69, 9.17) is 10.5 Å². The lowest BCUT2D eigenvalue weighted by Gasteiger charge is -2.08. The van der Waals surface area contributed by atoms with Crippen molar-refractivity contribution in [3.63, 3.8) is 0 Å². The summed E-state index contributed by atoms with van der Waals surface area (Å²) < 4.78 is 5.47. The lowest BCUT2D eigenvalue weighted by atomic mass is 10.0. The highest BCUT2D eigenvalue weighted by Crippen LogP contribution is 2.44. The first kappa shape index (κ1) is 14.6. The molecule has 0 spiro atoms. The van der Waals surface area contributed by atoms with Crippen molar-refractivity contribution in [2.24, 2.45) is 0 Å². The van der Waals surface area contributed by atoms with Crippen LogP contribution in [0, 0.1) is 0 Å². The zero-order chi connectivity index (χ0) is 16.5. The maximum absolute atomic E-state index is 6.03. The third-order valence-electron chi connectivity index (χ3n) is 4.56. The highest BCUT2D eigenvalue weighted by atomic mass is 16.5. The van der Waals surface area contributed by atoms with Gasteiger partial charge in [0.25, 0.3) is 0 Å². The van der Waals surface area contributed by atoms with Gasteiger partial charge in [-0.2, -0.15) is 0 Å². The van der Waals surface area contributed by atoms with Crippen molar-refractivity contribution in [3.8, 4) is 16.9 Å². The molecule has 0 amide bonds. The molecule has 0 fully saturated rings. The summed E-state index contributed by atoms with van der Waals surface area (Å²) in [7, 11) is 1.72. The first-order chi connectivity index (χ1) is 11.8. The van der Waals surface area contributed by atoms with Crippen LogP contribution in [0.15, 0.2) is 72.8 Å². The monoisotopic (exact) mass is 313 g/mol. The second-order valence-corrected chi connectivity index (χ2v) is 5.98. The lowest BCUT2D eigenvalue weighted by molar-refractivity contribution is 0.410. The molecule has 3 aromatic rings. The summed E-state index contributed by atoms with van der Waals surface area (Å²) in [6.45, 7) is 0. The van der Waals surface area contributed by atoms with Gasteiger partial charge in [-0.3, -0.25) is 0 Å². The van der Waals surface area contributed by atoms with Crippen LogP contribution in [-0.2, 0) is 6.42 Å². The van der Waals surface area contributed by atoms with Gasteiger partial charge < -0.3 is 10.5 Å². The molecule has 4 rings (SSSR count). The van der Waals surface area contributed by atoms with Gasteiger partial charge in [0.1, 0.15) is 5.75 Å². The number of nitrogens with two attached hydrogens (primary N) is 1. The SMILES string of the molecule is COc1ccccc1C/C=C1\c2ccccc2-c2ccc(N)cc21. The number of methoxy groups -OCH3 is 1. The summed E-state index contributed by atoms with van der Waals surface area (Å²) in [6, 6.07) is 22.8. The van der Waals surface area contributed by atoms with Gasteiger partial charge in [-0.15, -0.1) is 0 Å². The Bertz CT molecular complexity index is 940. The molecule has 2 heteroatoms. The minimum Gasteiger partial charge on any atom is -0.496 e. The van der Waals surface area contributed by atoms with Crippen LogP contribution in [0.3, 0.4) is 0 Å². The molecule has 2 nitrogen and oxygen atoms in total. The second kappa shape index (κ2) is 5.89. The Morgan fingerprint density at radius 3 is 2.38 bits per heavy atom. The van der Waals surface area contributed by atoms with Crippen LogP contribution < -0.4 is 10.5 Å². The van der Waals surface area contributed by atoms with Crippen molar-refractivity contribution in [1.29, 1.82) is 0 Å². The van der Waals surface area contributed by atoms with E-state index in [1.54, 1.807) is 7.11 Å². The van der Waals surface area contributed by atoms with Crippen molar-refractivity contribution < 1.29 is 4.74 Å². The Kier molecular flexibility index (Phi) is 3.58. The molecule has 0 saturated carbocycles. The third kappa shape index (κ3) is 2.37. The van der Waals surface area contributed by atoms with Crippen LogP contribution >= 0.6 is 0 Å². The standard InChI is InChI=1S/C22H19NO/c1-24-22-9-5-2-6-15(22)10-12-19-17-7-3-4-8-18(17)20-13-11-16(23)14-21(19)20/h2-9,11-14H,10,23H2,1H3/b19-12+. The van der Waals surface area contributed by atoms with Crippen molar-refractivity contribution in [3.05, 3.63) is 89.5 Å². The van der Waals surface area contributed by atoms with Crippen LogP contribution in [0.2, 0.25) is 0 Å². The van der Waals surface area contributed by atoms with E-state index in [9.17, 15) is 0 Å². The number of fused-ring (bicyclic) bond motifs is 3. The van der Waals surface area contributed by atoms with Crippen LogP contribution in [0.1, 0.15) is 16.7 Å². The molecule has 0 aromatic heterocycles. The van der Waals surface area contributed by atoms with Gasteiger partial charge >= 0.3 is 0 Å². The minimum atomic E-state index is 0.796. The average Bonchev–Trinajstić information content (AvgIpc) is 2.93. The Hall–Kier alpha value is -3.00. The van der Waals surface area contributed by atoms with Gasteiger partial charge in [-0.1, -0.05) is 54.6 Å². The molecular weight excluding hydrogens is 294 g/mol. The van der Waals surface area contributed by atoms with E-state index in [-0.39, 0.29) is 0 Å². The number of ether oxygens (including phenoxy) is 1. The maximum atomic E-state index is 6.03. The Morgan fingerprint density at radius 2 is 1.54 bits per heavy atom. The van der Waals surface area contributed by atoms with Gasteiger partial charge in [0, 0.05) is 5.69 Å². The molecule has 0 aliphatic heterocycles. The van der Waals surface area contributed by atoms with Gasteiger partial charge in [-0.25, -0.2) is 0 Å². The zero-order valence-corrected chi connectivity index (χ0v) is 13.6. The molecular formula is C22H19NO. The number of hydrogen-bond donors (Lipinski definition) is 1. The molecule has 0 heterocycles. The maximum Gasteiger partial charge on any atom is 0.122 e. The lowest BCUT2D eigenvalue weighted by Crippen LogP contribution is -1.92. The van der Waals surface area contributed by atoms with E-state index in [1.807, 2.05) is 24.3 Å². The van der Waals surface area contributed by atoms with Gasteiger partial charge in [-0.05, 0) is 58.0 Å². The van der Waals surface area contributed by atoms with E-state index in [0.29, 0.717) is 0 Å². The molecule has 0 bridgehead atoms. The van der Waals surface area contributed by atoms with Gasteiger partial charge in [0.15, 0.2) is 0 Å². The number of benzene rings is 3. The van der Waals surface area contributed by atoms with Crippen LogP contribution in [0.4, 0.5) is 5.69 Å². The molecule has 0 radical (unpaired) electrons. The van der Waals surface area contributed by atoms with E-state index in [0.717, 1.165) is 17.9 Å². The third-order valence-corrected chi connectivity index (χ3v) is 4.56. The Balaban J connectivity index is 1.81. The van der Waals surface area contributed by atoms with E-state index < -0.39 is 0 Å². The Labute approximate surface area is 142 Å². The van der Waals surface area contributed by atoms with Gasteiger partial charge in [0.05, 0.1) is 7.11 Å². The first-order valence-electron chi connectivity index (χ1n) is 8.09. The molecule has 1 aliphatic carbocycles. The van der Waals surface area contributed by atoms with Crippen molar-refractivity contribution in [1.82, 2.24) is 0 Å². The average molecular weight is 313 g/mol. The number of para-hydroxylation sites is 1. The zero-order valence-electron chi connectivity index (χ0n) is 13.6. The van der Waals surface area contributed by atoms with E-state index >= 15 is 0 Å². The summed E-state index contributed by atoms with van der Waals surface area (Å²) >= 11 is 0. The molecule has 2 N–H and O–H groups in total. The van der Waals surface area contributed by atoms with Crippen LogP contribution in [0.5, 0.6) is 5.75 Å². The van der Waals surface area contributed by atoms with E-state index in [1.165, 1.54) is 33.4 Å². The smallest absolute Gasteiger partial charge is 0.122 e. The predicted octanol–water partition coefficient (Wildman–Crippen LogP) is 4.93. The largest absolute Gasteiger partial charge is 0.496 e. The molecule has 118 valence electrons. The summed E-state index contributed by atoms with van der Waals surface area (Å²) in [5.74, 6) is 0.924. The molecule has 3 aromatic carbocycles. The molecule has 1 aliphatic rings. The number of nitrogen functional groups attached to an aromatic ring is 1. The number of allylic oxidation sites excluding steroid dienone is 1. The summed E-state index contributed by atoms with van der Waals surface area (Å²) in [6.07, 6.45) is 3.10. The minimum absolute atomic E-state index is 0.796. The van der Waals surface area contributed by atoms with Crippen LogP contribution in [0.25, 0.3) is 16.7 Å². The van der Waals surface area contributed by atoms with Crippen LogP contribution in [-0.4, -0.2) is 7.11 Å². The summed E-state index contributed by atoms with van der Waals surface area (Å²) in [4.78, 5) is 0.